The Labute approximate surface area is 117 Å². The number of aliphatic hydroxyl groups is 1. The molecule has 4 heteroatoms. The van der Waals surface area contributed by atoms with Crippen LogP contribution in [-0.2, 0) is 6.61 Å². The van der Waals surface area contributed by atoms with Crippen LogP contribution in [0.15, 0.2) is 42.5 Å². The molecule has 2 rings (SSSR count). The highest BCUT2D eigenvalue weighted by atomic mass is 32.1. The molecule has 3 N–H and O–H groups in total. The maximum Gasteiger partial charge on any atom is 0.137 e. The topological polar surface area (TPSA) is 55.5 Å². The average Bonchev–Trinajstić information content (AvgIpc) is 2.41. The van der Waals surface area contributed by atoms with Gasteiger partial charge in [0, 0.05) is 0 Å². The number of aliphatic hydroxyl groups excluding tert-OH is 1. The molecule has 0 fully saturated rings. The van der Waals surface area contributed by atoms with Crippen molar-refractivity contribution >= 4 is 17.2 Å². The van der Waals surface area contributed by atoms with E-state index in [0.717, 1.165) is 11.1 Å². The van der Waals surface area contributed by atoms with Crippen molar-refractivity contribution in [2.24, 2.45) is 5.73 Å². The number of aryl methyl sites for hydroxylation is 1. The van der Waals surface area contributed by atoms with Crippen molar-refractivity contribution in [1.29, 1.82) is 0 Å². The van der Waals surface area contributed by atoms with E-state index in [2.05, 4.69) is 0 Å². The largest absolute Gasteiger partial charge is 0.457 e. The molecule has 2 aromatic carbocycles. The Hall–Kier alpha value is -1.91. The van der Waals surface area contributed by atoms with Gasteiger partial charge in [-0.25, -0.2) is 0 Å². The van der Waals surface area contributed by atoms with Crippen LogP contribution in [0.25, 0.3) is 0 Å². The van der Waals surface area contributed by atoms with Gasteiger partial charge in [-0.05, 0) is 36.8 Å². The molecule has 0 aliphatic carbocycles. The van der Waals surface area contributed by atoms with Crippen molar-refractivity contribution in [1.82, 2.24) is 0 Å². The summed E-state index contributed by atoms with van der Waals surface area (Å²) in [5, 5.41) is 9.11. The SMILES string of the molecule is Cc1ccc(Oc2cccc(CO)c2)c(C(N)=S)c1. The summed E-state index contributed by atoms with van der Waals surface area (Å²) < 4.78 is 5.79. The molecule has 0 saturated heterocycles. The minimum atomic E-state index is -0.0206. The van der Waals surface area contributed by atoms with Gasteiger partial charge in [-0.2, -0.15) is 0 Å². The summed E-state index contributed by atoms with van der Waals surface area (Å²) in [5.74, 6) is 1.26. The average molecular weight is 273 g/mol. The van der Waals surface area contributed by atoms with Crippen LogP contribution in [0.1, 0.15) is 16.7 Å². The third-order valence-electron chi connectivity index (χ3n) is 2.71. The molecule has 0 aliphatic rings. The van der Waals surface area contributed by atoms with Crippen LogP contribution in [0.4, 0.5) is 0 Å². The number of hydrogen-bond donors (Lipinski definition) is 2. The maximum atomic E-state index is 9.11. The van der Waals surface area contributed by atoms with Crippen molar-refractivity contribution in [2.45, 2.75) is 13.5 Å². The summed E-state index contributed by atoms with van der Waals surface area (Å²) in [6, 6.07) is 12.9. The van der Waals surface area contributed by atoms with Crippen LogP contribution < -0.4 is 10.5 Å². The van der Waals surface area contributed by atoms with E-state index in [1.54, 1.807) is 6.07 Å². The molecule has 0 aliphatic heterocycles. The van der Waals surface area contributed by atoms with Crippen LogP contribution in [0, 0.1) is 6.92 Å². The molecule has 3 nitrogen and oxygen atoms in total. The molecule has 0 heterocycles. The summed E-state index contributed by atoms with van der Waals surface area (Å²) in [5.41, 5.74) is 8.28. The van der Waals surface area contributed by atoms with Gasteiger partial charge in [0.2, 0.25) is 0 Å². The Morgan fingerprint density at radius 3 is 2.74 bits per heavy atom. The van der Waals surface area contributed by atoms with Crippen molar-refractivity contribution < 1.29 is 9.84 Å². The Kier molecular flexibility index (Phi) is 4.14. The van der Waals surface area contributed by atoms with Gasteiger partial charge in [-0.3, -0.25) is 0 Å². The fraction of sp³-hybridized carbons (Fsp3) is 0.133. The van der Waals surface area contributed by atoms with E-state index in [4.69, 9.17) is 27.8 Å². The number of ether oxygens (including phenoxy) is 1. The van der Waals surface area contributed by atoms with Crippen LogP contribution in [-0.4, -0.2) is 10.1 Å². The first-order valence-corrected chi connectivity index (χ1v) is 6.29. The molecule has 0 spiro atoms. The lowest BCUT2D eigenvalue weighted by molar-refractivity contribution is 0.281. The van der Waals surface area contributed by atoms with Crippen molar-refractivity contribution in [3.63, 3.8) is 0 Å². The van der Waals surface area contributed by atoms with E-state index in [1.165, 1.54) is 0 Å². The van der Waals surface area contributed by atoms with Crippen molar-refractivity contribution in [3.8, 4) is 11.5 Å². The molecule has 19 heavy (non-hydrogen) atoms. The Morgan fingerprint density at radius 2 is 2.05 bits per heavy atom. The summed E-state index contributed by atoms with van der Waals surface area (Å²) >= 11 is 5.03. The summed E-state index contributed by atoms with van der Waals surface area (Å²) in [6.45, 7) is 1.95. The number of rotatable bonds is 4. The zero-order chi connectivity index (χ0) is 13.8. The van der Waals surface area contributed by atoms with Gasteiger partial charge in [0.15, 0.2) is 0 Å². The standard InChI is InChI=1S/C15H15NO2S/c1-10-5-6-14(13(7-10)15(16)19)18-12-4-2-3-11(8-12)9-17/h2-8,17H,9H2,1H3,(H2,16,19). The van der Waals surface area contributed by atoms with Gasteiger partial charge >= 0.3 is 0 Å². The first-order valence-electron chi connectivity index (χ1n) is 5.88. The quantitative estimate of drug-likeness (QED) is 0.841. The number of hydrogen-bond acceptors (Lipinski definition) is 3. The van der Waals surface area contributed by atoms with E-state index >= 15 is 0 Å². The Bertz CT molecular complexity index is 611. The Morgan fingerprint density at radius 1 is 1.26 bits per heavy atom. The first-order chi connectivity index (χ1) is 9.10. The third-order valence-corrected chi connectivity index (χ3v) is 2.93. The van der Waals surface area contributed by atoms with Crippen molar-refractivity contribution in [2.75, 3.05) is 0 Å². The third kappa shape index (κ3) is 3.30. The molecule has 0 amide bonds. The fourth-order valence-electron chi connectivity index (χ4n) is 1.76. The van der Waals surface area contributed by atoms with E-state index in [9.17, 15) is 0 Å². The minimum absolute atomic E-state index is 0.0206. The molecule has 2 aromatic rings. The zero-order valence-electron chi connectivity index (χ0n) is 10.6. The van der Waals surface area contributed by atoms with Gasteiger partial charge in [-0.1, -0.05) is 36.0 Å². The number of benzene rings is 2. The second-order valence-electron chi connectivity index (χ2n) is 4.27. The van der Waals surface area contributed by atoms with Gasteiger partial charge in [0.1, 0.15) is 16.5 Å². The molecular weight excluding hydrogens is 258 g/mol. The molecule has 0 radical (unpaired) electrons. The van der Waals surface area contributed by atoms with E-state index in [0.29, 0.717) is 22.1 Å². The van der Waals surface area contributed by atoms with E-state index in [-0.39, 0.29) is 6.61 Å². The van der Waals surface area contributed by atoms with Gasteiger partial charge in [0.25, 0.3) is 0 Å². The van der Waals surface area contributed by atoms with E-state index < -0.39 is 0 Å². The monoisotopic (exact) mass is 273 g/mol. The maximum absolute atomic E-state index is 9.11. The molecule has 0 atom stereocenters. The zero-order valence-corrected chi connectivity index (χ0v) is 11.4. The van der Waals surface area contributed by atoms with Crippen LogP contribution in [0.5, 0.6) is 11.5 Å². The summed E-state index contributed by atoms with van der Waals surface area (Å²) in [4.78, 5) is 0.303. The molecule has 98 valence electrons. The Balaban J connectivity index is 2.34. The predicted octanol–water partition coefficient (Wildman–Crippen LogP) is 2.91. The fourth-order valence-corrected chi connectivity index (χ4v) is 1.92. The summed E-state index contributed by atoms with van der Waals surface area (Å²) in [6.07, 6.45) is 0. The normalized spacial score (nSPS) is 10.2. The van der Waals surface area contributed by atoms with Gasteiger partial charge < -0.3 is 15.6 Å². The van der Waals surface area contributed by atoms with Crippen LogP contribution in [0.2, 0.25) is 0 Å². The highest BCUT2D eigenvalue weighted by molar-refractivity contribution is 7.80. The van der Waals surface area contributed by atoms with Crippen molar-refractivity contribution in [3.05, 3.63) is 59.2 Å². The summed E-state index contributed by atoms with van der Waals surface area (Å²) in [7, 11) is 0. The second kappa shape index (κ2) is 5.82. The molecule has 0 bridgehead atoms. The smallest absolute Gasteiger partial charge is 0.137 e. The first kappa shape index (κ1) is 13.5. The van der Waals surface area contributed by atoms with Gasteiger partial charge in [0.05, 0.1) is 12.2 Å². The molecule has 0 saturated carbocycles. The van der Waals surface area contributed by atoms with Crippen LogP contribution >= 0.6 is 12.2 Å². The molecular formula is C15H15NO2S. The van der Waals surface area contributed by atoms with Crippen LogP contribution in [0.3, 0.4) is 0 Å². The van der Waals surface area contributed by atoms with Gasteiger partial charge in [-0.15, -0.1) is 0 Å². The molecule has 0 aromatic heterocycles. The number of nitrogens with two attached hydrogens (primary N) is 1. The lowest BCUT2D eigenvalue weighted by atomic mass is 10.1. The lowest BCUT2D eigenvalue weighted by Gasteiger charge is -2.11. The highest BCUT2D eigenvalue weighted by Crippen LogP contribution is 2.27. The van der Waals surface area contributed by atoms with E-state index in [1.807, 2.05) is 43.3 Å². The predicted molar refractivity (Wildman–Crippen MR) is 79.5 cm³/mol. The minimum Gasteiger partial charge on any atom is -0.457 e. The highest BCUT2D eigenvalue weighted by Gasteiger charge is 2.08. The lowest BCUT2D eigenvalue weighted by Crippen LogP contribution is -2.11. The second-order valence-corrected chi connectivity index (χ2v) is 4.71. The number of thiocarbonyl (C=S) groups is 1. The molecule has 0 unspecified atom stereocenters.